The van der Waals surface area contributed by atoms with Gasteiger partial charge in [0, 0.05) is 44.3 Å². The number of rotatable bonds is 3. The second-order valence-corrected chi connectivity index (χ2v) is 11.2. The van der Waals surface area contributed by atoms with Crippen LogP contribution in [0.25, 0.3) is 0 Å². The van der Waals surface area contributed by atoms with Crippen LogP contribution in [0.3, 0.4) is 0 Å². The number of fused-ring (bicyclic) bond motifs is 2. The van der Waals surface area contributed by atoms with E-state index in [0.29, 0.717) is 26.2 Å². The predicted octanol–water partition coefficient (Wildman–Crippen LogP) is 2.59. The fourth-order valence-electron chi connectivity index (χ4n) is 4.76. The largest absolute Gasteiger partial charge is 0.444 e. The lowest BCUT2D eigenvalue weighted by atomic mass is 9.97. The van der Waals surface area contributed by atoms with Crippen LogP contribution in [0.1, 0.15) is 67.2 Å². The summed E-state index contributed by atoms with van der Waals surface area (Å²) >= 11 is 0. The van der Waals surface area contributed by atoms with Crippen LogP contribution in [-0.4, -0.2) is 94.8 Å². The van der Waals surface area contributed by atoms with Crippen LogP contribution in [0.15, 0.2) is 0 Å². The van der Waals surface area contributed by atoms with E-state index in [0.717, 1.165) is 25.7 Å². The maximum Gasteiger partial charge on any atom is 0.410 e. The summed E-state index contributed by atoms with van der Waals surface area (Å²) in [6.07, 6.45) is 3.12. The normalized spacial score (nSPS) is 26.2. The van der Waals surface area contributed by atoms with E-state index in [2.05, 4.69) is 5.32 Å². The Kier molecular flexibility index (Phi) is 7.27. The first kappa shape index (κ1) is 24.6. The molecule has 0 aromatic rings. The van der Waals surface area contributed by atoms with Gasteiger partial charge in [0.2, 0.25) is 5.91 Å². The van der Waals surface area contributed by atoms with Crippen molar-refractivity contribution in [3.63, 3.8) is 0 Å². The van der Waals surface area contributed by atoms with Gasteiger partial charge in [-0.2, -0.15) is 0 Å². The van der Waals surface area contributed by atoms with Crippen LogP contribution in [0.2, 0.25) is 0 Å². The molecule has 0 spiro atoms. The number of nitrogens with zero attached hydrogens (tertiary/aromatic N) is 3. The maximum atomic E-state index is 12.7. The molecule has 3 aliphatic rings. The van der Waals surface area contributed by atoms with E-state index in [9.17, 15) is 14.4 Å². The molecule has 3 amide bonds. The second-order valence-electron chi connectivity index (χ2n) is 11.2. The number of hydrogen-bond donors (Lipinski definition) is 1. The minimum Gasteiger partial charge on any atom is -0.444 e. The molecule has 0 aromatic heterocycles. The number of piperazine rings is 1. The Labute approximate surface area is 191 Å². The lowest BCUT2D eigenvalue weighted by molar-refractivity contribution is -0.132. The van der Waals surface area contributed by atoms with E-state index in [1.165, 1.54) is 0 Å². The third kappa shape index (κ3) is 6.49. The number of nitrogens with one attached hydrogen (secondary N) is 1. The molecule has 3 saturated heterocycles. The van der Waals surface area contributed by atoms with E-state index < -0.39 is 11.2 Å². The minimum absolute atomic E-state index is 0.0516. The fourth-order valence-corrected chi connectivity index (χ4v) is 4.76. The van der Waals surface area contributed by atoms with E-state index >= 15 is 0 Å². The van der Waals surface area contributed by atoms with Gasteiger partial charge in [-0.15, -0.1) is 0 Å². The molecule has 32 heavy (non-hydrogen) atoms. The highest BCUT2D eigenvalue weighted by Crippen LogP contribution is 2.36. The van der Waals surface area contributed by atoms with Crippen molar-refractivity contribution in [3.05, 3.63) is 0 Å². The first-order chi connectivity index (χ1) is 14.8. The molecule has 9 heteroatoms. The van der Waals surface area contributed by atoms with Gasteiger partial charge in [-0.25, -0.2) is 9.59 Å². The van der Waals surface area contributed by atoms with Gasteiger partial charge >= 0.3 is 12.2 Å². The molecule has 0 aromatic carbocycles. The number of amides is 3. The standard InChI is InChI=1S/C23H40N4O5/c1-22(2,3)31-20(29)26-11-9-25(10-12-26)19(28)15-24-16-13-17-7-8-18(14-16)27(17)21(30)32-23(4,5)6/h16-18,24H,7-15H2,1-6H3. The Morgan fingerprint density at radius 3 is 1.75 bits per heavy atom. The molecule has 0 saturated carbocycles. The van der Waals surface area contributed by atoms with Crippen LogP contribution in [0.4, 0.5) is 9.59 Å². The van der Waals surface area contributed by atoms with Crippen molar-refractivity contribution in [2.45, 2.75) is 96.6 Å². The molecule has 3 aliphatic heterocycles. The highest BCUT2D eigenvalue weighted by atomic mass is 16.6. The number of hydrogen-bond acceptors (Lipinski definition) is 6. The van der Waals surface area contributed by atoms with Crippen molar-refractivity contribution in [1.29, 1.82) is 0 Å². The van der Waals surface area contributed by atoms with Gasteiger partial charge in [-0.1, -0.05) is 0 Å². The molecule has 2 unspecified atom stereocenters. The van der Waals surface area contributed by atoms with Crippen LogP contribution in [0, 0.1) is 0 Å². The van der Waals surface area contributed by atoms with E-state index in [1.54, 1.807) is 9.80 Å². The average Bonchev–Trinajstić information content (AvgIpc) is 2.94. The Bertz CT molecular complexity index is 692. The monoisotopic (exact) mass is 452 g/mol. The first-order valence-electron chi connectivity index (χ1n) is 11.8. The van der Waals surface area contributed by atoms with E-state index in [1.807, 2.05) is 46.4 Å². The van der Waals surface area contributed by atoms with E-state index in [4.69, 9.17) is 9.47 Å². The first-order valence-corrected chi connectivity index (χ1v) is 11.8. The Morgan fingerprint density at radius 1 is 0.781 bits per heavy atom. The molecule has 3 heterocycles. The fraction of sp³-hybridized carbons (Fsp3) is 0.870. The van der Waals surface area contributed by atoms with Gasteiger partial charge in [0.1, 0.15) is 11.2 Å². The van der Waals surface area contributed by atoms with Crippen LogP contribution in [-0.2, 0) is 14.3 Å². The molecular weight excluding hydrogens is 412 g/mol. The summed E-state index contributed by atoms with van der Waals surface area (Å²) in [6, 6.07) is 0.570. The average molecular weight is 453 g/mol. The molecule has 2 bridgehead atoms. The molecule has 3 rings (SSSR count). The molecular formula is C23H40N4O5. The van der Waals surface area contributed by atoms with Gasteiger partial charge in [-0.05, 0) is 67.2 Å². The summed E-state index contributed by atoms with van der Waals surface area (Å²) in [5.41, 5.74) is -1.02. The molecule has 182 valence electrons. The predicted molar refractivity (Wildman–Crippen MR) is 120 cm³/mol. The van der Waals surface area contributed by atoms with E-state index in [-0.39, 0.29) is 42.8 Å². The zero-order chi connectivity index (χ0) is 23.7. The van der Waals surface area contributed by atoms with Crippen molar-refractivity contribution < 1.29 is 23.9 Å². The van der Waals surface area contributed by atoms with Gasteiger partial charge in [0.15, 0.2) is 0 Å². The topological polar surface area (TPSA) is 91.4 Å². The smallest absolute Gasteiger partial charge is 0.410 e. The molecule has 3 fully saturated rings. The summed E-state index contributed by atoms with van der Waals surface area (Å²) in [5, 5.41) is 3.42. The van der Waals surface area contributed by atoms with Gasteiger partial charge in [0.05, 0.1) is 6.54 Å². The second kappa shape index (κ2) is 9.45. The third-order valence-corrected chi connectivity index (χ3v) is 6.16. The molecule has 0 aliphatic carbocycles. The summed E-state index contributed by atoms with van der Waals surface area (Å²) < 4.78 is 11.0. The third-order valence-electron chi connectivity index (χ3n) is 6.16. The molecule has 2 atom stereocenters. The SMILES string of the molecule is CC(C)(C)OC(=O)N1CCN(C(=O)CNC2CC3CCC(C2)N3C(=O)OC(C)(C)C)CC1. The Balaban J connectivity index is 1.41. The molecule has 1 N–H and O–H groups in total. The summed E-state index contributed by atoms with van der Waals surface area (Å²) in [6.45, 7) is 13.5. The van der Waals surface area contributed by atoms with Gasteiger partial charge < -0.3 is 29.5 Å². The summed E-state index contributed by atoms with van der Waals surface area (Å²) in [5.74, 6) is 0.0516. The van der Waals surface area contributed by atoms with Gasteiger partial charge in [-0.3, -0.25) is 4.79 Å². The highest BCUT2D eigenvalue weighted by Gasteiger charge is 2.44. The summed E-state index contributed by atoms with van der Waals surface area (Å²) in [7, 11) is 0. The van der Waals surface area contributed by atoms with Crippen molar-refractivity contribution in [1.82, 2.24) is 20.0 Å². The van der Waals surface area contributed by atoms with Crippen LogP contribution in [0.5, 0.6) is 0 Å². The van der Waals surface area contributed by atoms with Crippen molar-refractivity contribution in [2.24, 2.45) is 0 Å². The minimum atomic E-state index is -0.521. The molecule has 0 radical (unpaired) electrons. The van der Waals surface area contributed by atoms with Crippen LogP contribution >= 0.6 is 0 Å². The highest BCUT2D eigenvalue weighted by molar-refractivity contribution is 5.79. The van der Waals surface area contributed by atoms with Crippen molar-refractivity contribution in [3.8, 4) is 0 Å². The van der Waals surface area contributed by atoms with Crippen molar-refractivity contribution >= 4 is 18.1 Å². The quantitative estimate of drug-likeness (QED) is 0.708. The molecule has 9 nitrogen and oxygen atoms in total. The van der Waals surface area contributed by atoms with Crippen LogP contribution < -0.4 is 5.32 Å². The number of carbonyl (C=O) groups is 3. The lowest BCUT2D eigenvalue weighted by Crippen LogP contribution is -2.55. The zero-order valence-electron chi connectivity index (χ0n) is 20.5. The number of piperidine rings is 1. The Morgan fingerprint density at radius 2 is 1.25 bits per heavy atom. The Hall–Kier alpha value is -2.03. The zero-order valence-corrected chi connectivity index (χ0v) is 20.5. The number of carbonyl (C=O) groups excluding carboxylic acids is 3. The van der Waals surface area contributed by atoms with Gasteiger partial charge in [0.25, 0.3) is 0 Å². The number of ether oxygens (including phenoxy) is 2. The lowest BCUT2D eigenvalue weighted by Gasteiger charge is -2.40. The maximum absolute atomic E-state index is 12.7. The summed E-state index contributed by atoms with van der Waals surface area (Å²) in [4.78, 5) is 42.9. The van der Waals surface area contributed by atoms with Crippen molar-refractivity contribution in [2.75, 3.05) is 32.7 Å².